The van der Waals surface area contributed by atoms with E-state index in [2.05, 4.69) is 4.72 Å². The van der Waals surface area contributed by atoms with Crippen LogP contribution in [0, 0.1) is 0 Å². The molecule has 0 aromatic heterocycles. The molecule has 0 bridgehead atoms. The van der Waals surface area contributed by atoms with Gasteiger partial charge in [0.05, 0.1) is 12.4 Å². The quantitative estimate of drug-likeness (QED) is 0.595. The molecule has 1 aliphatic rings. The van der Waals surface area contributed by atoms with Gasteiger partial charge in [-0.25, -0.2) is 13.1 Å². The summed E-state index contributed by atoms with van der Waals surface area (Å²) >= 11 is 0. The van der Waals surface area contributed by atoms with E-state index in [0.717, 1.165) is 12.8 Å². The van der Waals surface area contributed by atoms with Gasteiger partial charge in [0.2, 0.25) is 10.0 Å². The van der Waals surface area contributed by atoms with Gasteiger partial charge >= 0.3 is 0 Å². The van der Waals surface area contributed by atoms with Gasteiger partial charge in [-0.1, -0.05) is 12.2 Å². The predicted octanol–water partition coefficient (Wildman–Crippen LogP) is -0.383. The highest BCUT2D eigenvalue weighted by Gasteiger charge is 2.17. The minimum Gasteiger partial charge on any atom is -0.395 e. The summed E-state index contributed by atoms with van der Waals surface area (Å²) in [6, 6.07) is 0.00144. The molecule has 0 aromatic carbocycles. The Morgan fingerprint density at radius 1 is 1.42 bits per heavy atom. The van der Waals surface area contributed by atoms with Crippen molar-refractivity contribution in [2.24, 2.45) is 0 Å². The summed E-state index contributed by atoms with van der Waals surface area (Å²) < 4.78 is 24.7. The van der Waals surface area contributed by atoms with Crippen molar-refractivity contribution >= 4 is 10.0 Å². The van der Waals surface area contributed by atoms with Crippen LogP contribution in [0.15, 0.2) is 12.2 Å². The lowest BCUT2D eigenvalue weighted by Crippen LogP contribution is -2.35. The van der Waals surface area contributed by atoms with E-state index in [1.54, 1.807) is 0 Å². The Balaban J connectivity index is 2.39. The molecular weight excluding hydrogens is 178 g/mol. The van der Waals surface area contributed by atoms with Crippen molar-refractivity contribution in [1.82, 2.24) is 4.72 Å². The molecule has 2 N–H and O–H groups in total. The molecule has 1 aliphatic carbocycles. The van der Waals surface area contributed by atoms with Crippen LogP contribution >= 0.6 is 0 Å². The van der Waals surface area contributed by atoms with E-state index in [-0.39, 0.29) is 18.4 Å². The van der Waals surface area contributed by atoms with E-state index < -0.39 is 10.0 Å². The van der Waals surface area contributed by atoms with E-state index in [1.165, 1.54) is 0 Å². The van der Waals surface area contributed by atoms with Crippen molar-refractivity contribution in [2.75, 3.05) is 12.4 Å². The lowest BCUT2D eigenvalue weighted by Gasteiger charge is -2.11. The molecule has 0 saturated carbocycles. The van der Waals surface area contributed by atoms with Gasteiger partial charge in [-0.3, -0.25) is 0 Å². The Kier molecular flexibility index (Phi) is 3.25. The molecule has 12 heavy (non-hydrogen) atoms. The van der Waals surface area contributed by atoms with Gasteiger partial charge in [0.15, 0.2) is 0 Å². The van der Waals surface area contributed by atoms with Gasteiger partial charge in [-0.15, -0.1) is 0 Å². The zero-order valence-corrected chi connectivity index (χ0v) is 7.55. The number of sulfonamides is 1. The SMILES string of the molecule is O=S(=O)(CCO)NC1CC=CC1. The van der Waals surface area contributed by atoms with E-state index in [4.69, 9.17) is 5.11 Å². The van der Waals surface area contributed by atoms with Crippen LogP contribution in [0.25, 0.3) is 0 Å². The van der Waals surface area contributed by atoms with Gasteiger partial charge in [-0.2, -0.15) is 0 Å². The molecule has 0 amide bonds. The van der Waals surface area contributed by atoms with E-state index in [0.29, 0.717) is 0 Å². The Labute approximate surface area is 72.3 Å². The summed E-state index contributed by atoms with van der Waals surface area (Å²) in [7, 11) is -3.26. The fourth-order valence-electron chi connectivity index (χ4n) is 1.15. The minimum atomic E-state index is -3.26. The van der Waals surface area contributed by atoms with Crippen molar-refractivity contribution in [3.05, 3.63) is 12.2 Å². The average molecular weight is 191 g/mol. The third-order valence-corrected chi connectivity index (χ3v) is 3.13. The van der Waals surface area contributed by atoms with Crippen LogP contribution in [-0.4, -0.2) is 31.9 Å². The van der Waals surface area contributed by atoms with Gasteiger partial charge in [-0.05, 0) is 12.8 Å². The summed E-state index contributed by atoms with van der Waals surface area (Å²) in [5.74, 6) is -0.205. The van der Waals surface area contributed by atoms with Crippen LogP contribution in [0.3, 0.4) is 0 Å². The first-order valence-electron chi connectivity index (χ1n) is 3.90. The summed E-state index contributed by atoms with van der Waals surface area (Å²) in [6.07, 6.45) is 5.41. The maximum Gasteiger partial charge on any atom is 0.214 e. The fourth-order valence-corrected chi connectivity index (χ4v) is 2.20. The summed E-state index contributed by atoms with van der Waals surface area (Å²) in [6.45, 7) is -0.324. The van der Waals surface area contributed by atoms with Crippen LogP contribution in [-0.2, 0) is 10.0 Å². The maximum absolute atomic E-state index is 11.1. The third kappa shape index (κ3) is 2.92. The standard InChI is InChI=1S/C7H13NO3S/c9-5-6-12(10,11)8-7-3-1-2-4-7/h1-2,7-9H,3-6H2. The molecule has 0 atom stereocenters. The molecule has 70 valence electrons. The molecule has 0 radical (unpaired) electrons. The summed E-state index contributed by atoms with van der Waals surface area (Å²) in [4.78, 5) is 0. The van der Waals surface area contributed by atoms with Crippen molar-refractivity contribution in [3.63, 3.8) is 0 Å². The Bertz CT molecular complexity index is 250. The number of aliphatic hydroxyl groups is 1. The summed E-state index contributed by atoms with van der Waals surface area (Å²) in [5.41, 5.74) is 0. The molecule has 4 nitrogen and oxygen atoms in total. The topological polar surface area (TPSA) is 66.4 Å². The van der Waals surface area contributed by atoms with Gasteiger partial charge in [0.1, 0.15) is 0 Å². The second-order valence-corrected chi connectivity index (χ2v) is 4.67. The first-order chi connectivity index (χ1) is 5.64. The molecule has 0 aromatic rings. The fraction of sp³-hybridized carbons (Fsp3) is 0.714. The van der Waals surface area contributed by atoms with Crippen molar-refractivity contribution < 1.29 is 13.5 Å². The minimum absolute atomic E-state index is 0.00144. The van der Waals surface area contributed by atoms with Crippen LogP contribution in [0.2, 0.25) is 0 Å². The van der Waals surface area contributed by atoms with Crippen molar-refractivity contribution in [1.29, 1.82) is 0 Å². The second-order valence-electron chi connectivity index (χ2n) is 2.80. The van der Waals surface area contributed by atoms with Gasteiger partial charge in [0.25, 0.3) is 0 Å². The third-order valence-electron chi connectivity index (χ3n) is 1.71. The van der Waals surface area contributed by atoms with E-state index in [9.17, 15) is 8.42 Å². The summed E-state index contributed by atoms with van der Waals surface area (Å²) in [5, 5.41) is 8.44. The molecule has 1 rings (SSSR count). The van der Waals surface area contributed by atoms with Gasteiger partial charge < -0.3 is 5.11 Å². The highest BCUT2D eigenvalue weighted by atomic mass is 32.2. The Morgan fingerprint density at radius 2 is 2.00 bits per heavy atom. The molecule has 0 saturated heterocycles. The van der Waals surface area contributed by atoms with E-state index in [1.807, 2.05) is 12.2 Å². The number of nitrogens with one attached hydrogen (secondary N) is 1. The molecule has 5 heteroatoms. The molecule has 0 heterocycles. The molecule has 0 unspecified atom stereocenters. The molecular formula is C7H13NO3S. The normalized spacial score (nSPS) is 18.8. The number of rotatable bonds is 4. The van der Waals surface area contributed by atoms with E-state index >= 15 is 0 Å². The monoisotopic (exact) mass is 191 g/mol. The number of hydrogen-bond acceptors (Lipinski definition) is 3. The van der Waals surface area contributed by atoms with Crippen LogP contribution in [0.1, 0.15) is 12.8 Å². The average Bonchev–Trinajstić information content (AvgIpc) is 2.38. The van der Waals surface area contributed by atoms with Crippen LogP contribution < -0.4 is 4.72 Å². The highest BCUT2D eigenvalue weighted by Crippen LogP contribution is 2.09. The van der Waals surface area contributed by atoms with Crippen molar-refractivity contribution in [2.45, 2.75) is 18.9 Å². The smallest absolute Gasteiger partial charge is 0.214 e. The van der Waals surface area contributed by atoms with Crippen LogP contribution in [0.5, 0.6) is 0 Å². The highest BCUT2D eigenvalue weighted by molar-refractivity contribution is 7.89. The number of hydrogen-bond donors (Lipinski definition) is 2. The molecule has 0 fully saturated rings. The molecule has 0 spiro atoms. The van der Waals surface area contributed by atoms with Crippen molar-refractivity contribution in [3.8, 4) is 0 Å². The van der Waals surface area contributed by atoms with Gasteiger partial charge in [0, 0.05) is 6.04 Å². The Morgan fingerprint density at radius 3 is 2.50 bits per heavy atom. The molecule has 0 aliphatic heterocycles. The maximum atomic E-state index is 11.1. The van der Waals surface area contributed by atoms with Crippen LogP contribution in [0.4, 0.5) is 0 Å². The first kappa shape index (κ1) is 9.70. The zero-order chi connectivity index (χ0) is 9.03. The second kappa shape index (κ2) is 4.02. The Hall–Kier alpha value is -0.390. The lowest BCUT2D eigenvalue weighted by atomic mass is 10.3. The largest absolute Gasteiger partial charge is 0.395 e. The zero-order valence-electron chi connectivity index (χ0n) is 6.73. The predicted molar refractivity (Wildman–Crippen MR) is 46.2 cm³/mol. The lowest BCUT2D eigenvalue weighted by molar-refractivity contribution is 0.319. The number of aliphatic hydroxyl groups excluding tert-OH is 1. The first-order valence-corrected chi connectivity index (χ1v) is 5.55.